The van der Waals surface area contributed by atoms with Gasteiger partial charge in [-0.15, -0.1) is 0 Å². The molecule has 3 aliphatic rings. The van der Waals surface area contributed by atoms with E-state index >= 15 is 0 Å². The second-order valence-corrected chi connectivity index (χ2v) is 7.04. The molecule has 1 saturated heterocycles. The number of hydrogen-bond acceptors (Lipinski definition) is 3. The van der Waals surface area contributed by atoms with E-state index < -0.39 is 5.54 Å². The predicted octanol–water partition coefficient (Wildman–Crippen LogP) is 2.00. The molecule has 21 heavy (non-hydrogen) atoms. The maximum atomic E-state index is 12.9. The monoisotopic (exact) mass is 293 g/mol. The van der Waals surface area contributed by atoms with Crippen LogP contribution in [0.25, 0.3) is 0 Å². The third-order valence-corrected chi connectivity index (χ3v) is 5.93. The second kappa shape index (κ2) is 5.59. The summed E-state index contributed by atoms with van der Waals surface area (Å²) < 4.78 is 0. The Kier molecular flexibility index (Phi) is 3.95. The van der Waals surface area contributed by atoms with Crippen molar-refractivity contribution in [2.24, 2.45) is 17.6 Å². The molecule has 2 aliphatic carbocycles. The number of carbonyl (C=O) groups is 2. The molecule has 1 heterocycles. The molecule has 0 aromatic heterocycles. The molecule has 2 saturated carbocycles. The number of imide groups is 1. The van der Waals surface area contributed by atoms with Crippen LogP contribution < -0.4 is 11.1 Å². The van der Waals surface area contributed by atoms with Crippen molar-refractivity contribution < 1.29 is 9.59 Å². The summed E-state index contributed by atoms with van der Waals surface area (Å²) in [6.07, 6.45) is 7.89. The molecule has 3 fully saturated rings. The average Bonchev–Trinajstić information content (AvgIpc) is 3.05. The summed E-state index contributed by atoms with van der Waals surface area (Å²) in [6, 6.07) is -0.178. The summed E-state index contributed by atoms with van der Waals surface area (Å²) >= 11 is 0. The SMILES string of the molecule is CCC1CCC(CN)C(N2C(=O)NC3(CCCC3)C2=O)C1. The molecule has 3 unspecified atom stereocenters. The number of amides is 3. The summed E-state index contributed by atoms with van der Waals surface area (Å²) in [5, 5.41) is 3.00. The molecule has 0 radical (unpaired) electrons. The molecule has 0 aromatic carbocycles. The fourth-order valence-electron chi connectivity index (χ4n) is 4.52. The quantitative estimate of drug-likeness (QED) is 0.782. The van der Waals surface area contributed by atoms with Crippen LogP contribution >= 0.6 is 0 Å². The fourth-order valence-corrected chi connectivity index (χ4v) is 4.52. The number of rotatable bonds is 3. The minimum atomic E-state index is -0.588. The number of hydrogen-bond donors (Lipinski definition) is 2. The van der Waals surface area contributed by atoms with Crippen LogP contribution in [0.15, 0.2) is 0 Å². The van der Waals surface area contributed by atoms with Crippen LogP contribution in [0, 0.1) is 11.8 Å². The van der Waals surface area contributed by atoms with Crippen molar-refractivity contribution in [2.45, 2.75) is 69.9 Å². The summed E-state index contributed by atoms with van der Waals surface area (Å²) in [5.41, 5.74) is 5.33. The van der Waals surface area contributed by atoms with Gasteiger partial charge in [-0.25, -0.2) is 4.79 Å². The van der Waals surface area contributed by atoms with E-state index in [9.17, 15) is 9.59 Å². The van der Waals surface area contributed by atoms with Crippen molar-refractivity contribution in [3.8, 4) is 0 Å². The van der Waals surface area contributed by atoms with E-state index in [1.165, 1.54) is 6.42 Å². The molecule has 1 spiro atoms. The van der Waals surface area contributed by atoms with Gasteiger partial charge in [-0.3, -0.25) is 9.69 Å². The Bertz CT molecular complexity index is 431. The van der Waals surface area contributed by atoms with Crippen LogP contribution in [0.5, 0.6) is 0 Å². The number of nitrogens with one attached hydrogen (secondary N) is 1. The zero-order valence-electron chi connectivity index (χ0n) is 12.9. The Balaban J connectivity index is 1.83. The molecule has 118 valence electrons. The lowest BCUT2D eigenvalue weighted by Gasteiger charge is -2.39. The van der Waals surface area contributed by atoms with Gasteiger partial charge in [0.25, 0.3) is 5.91 Å². The Morgan fingerprint density at radius 1 is 1.29 bits per heavy atom. The molecular weight excluding hydrogens is 266 g/mol. The third-order valence-electron chi connectivity index (χ3n) is 5.93. The first kappa shape index (κ1) is 14.8. The lowest BCUT2D eigenvalue weighted by Crippen LogP contribution is -2.51. The highest BCUT2D eigenvalue weighted by atomic mass is 16.2. The first-order valence-corrected chi connectivity index (χ1v) is 8.47. The van der Waals surface area contributed by atoms with Gasteiger partial charge in [-0.2, -0.15) is 0 Å². The average molecular weight is 293 g/mol. The van der Waals surface area contributed by atoms with Crippen LogP contribution in [-0.4, -0.2) is 35.0 Å². The summed E-state index contributed by atoms with van der Waals surface area (Å²) in [5.74, 6) is 0.891. The maximum Gasteiger partial charge on any atom is 0.325 e. The Labute approximate surface area is 126 Å². The van der Waals surface area contributed by atoms with Crippen molar-refractivity contribution in [3.05, 3.63) is 0 Å². The highest BCUT2D eigenvalue weighted by Crippen LogP contribution is 2.40. The van der Waals surface area contributed by atoms with Crippen molar-refractivity contribution in [1.82, 2.24) is 10.2 Å². The van der Waals surface area contributed by atoms with Gasteiger partial charge >= 0.3 is 6.03 Å². The number of nitrogens with zero attached hydrogens (tertiary/aromatic N) is 1. The Morgan fingerprint density at radius 2 is 2.00 bits per heavy atom. The molecule has 3 amide bonds. The van der Waals surface area contributed by atoms with Crippen molar-refractivity contribution in [2.75, 3.05) is 6.54 Å². The first-order chi connectivity index (χ1) is 10.1. The van der Waals surface area contributed by atoms with Crippen LogP contribution in [0.1, 0.15) is 58.3 Å². The van der Waals surface area contributed by atoms with E-state index in [1.807, 2.05) is 0 Å². The van der Waals surface area contributed by atoms with Crippen molar-refractivity contribution in [3.63, 3.8) is 0 Å². The number of urea groups is 1. The van der Waals surface area contributed by atoms with E-state index in [1.54, 1.807) is 4.90 Å². The highest BCUT2D eigenvalue weighted by Gasteiger charge is 2.55. The smallest absolute Gasteiger partial charge is 0.325 e. The highest BCUT2D eigenvalue weighted by molar-refractivity contribution is 6.07. The maximum absolute atomic E-state index is 12.9. The van der Waals surface area contributed by atoms with Gasteiger partial charge in [0, 0.05) is 6.04 Å². The normalized spacial score (nSPS) is 35.5. The molecule has 0 aromatic rings. The molecule has 3 N–H and O–H groups in total. The van der Waals surface area contributed by atoms with Gasteiger partial charge in [0.2, 0.25) is 0 Å². The third kappa shape index (κ3) is 2.35. The molecule has 5 heteroatoms. The lowest BCUT2D eigenvalue weighted by atomic mass is 9.76. The van der Waals surface area contributed by atoms with E-state index in [0.717, 1.165) is 44.9 Å². The number of carbonyl (C=O) groups excluding carboxylic acids is 2. The van der Waals surface area contributed by atoms with E-state index in [4.69, 9.17) is 5.73 Å². The largest absolute Gasteiger partial charge is 0.330 e. The lowest BCUT2D eigenvalue weighted by molar-refractivity contribution is -0.134. The minimum Gasteiger partial charge on any atom is -0.330 e. The zero-order chi connectivity index (χ0) is 15.0. The molecule has 0 bridgehead atoms. The fraction of sp³-hybridized carbons (Fsp3) is 0.875. The van der Waals surface area contributed by atoms with Crippen LogP contribution in [0.3, 0.4) is 0 Å². The van der Waals surface area contributed by atoms with Gasteiger partial charge < -0.3 is 11.1 Å². The Hall–Kier alpha value is -1.10. The molecule has 3 rings (SSSR count). The van der Waals surface area contributed by atoms with E-state index in [0.29, 0.717) is 12.5 Å². The Morgan fingerprint density at radius 3 is 2.62 bits per heavy atom. The molecule has 3 atom stereocenters. The molecule has 5 nitrogen and oxygen atoms in total. The van der Waals surface area contributed by atoms with E-state index in [2.05, 4.69) is 12.2 Å². The van der Waals surface area contributed by atoms with Gasteiger partial charge in [-0.1, -0.05) is 26.2 Å². The van der Waals surface area contributed by atoms with Gasteiger partial charge in [0.05, 0.1) is 0 Å². The van der Waals surface area contributed by atoms with Crippen molar-refractivity contribution >= 4 is 11.9 Å². The summed E-state index contributed by atoms with van der Waals surface area (Å²) in [7, 11) is 0. The summed E-state index contributed by atoms with van der Waals surface area (Å²) in [4.78, 5) is 26.9. The first-order valence-electron chi connectivity index (χ1n) is 8.47. The van der Waals surface area contributed by atoms with E-state index in [-0.39, 0.29) is 23.9 Å². The van der Waals surface area contributed by atoms with Crippen LogP contribution in [0.4, 0.5) is 4.79 Å². The van der Waals surface area contributed by atoms with Gasteiger partial charge in [0.1, 0.15) is 5.54 Å². The van der Waals surface area contributed by atoms with Gasteiger partial charge in [0.15, 0.2) is 0 Å². The molecular formula is C16H27N3O2. The van der Waals surface area contributed by atoms with Gasteiger partial charge in [-0.05, 0) is 50.5 Å². The molecule has 1 aliphatic heterocycles. The standard InChI is InChI=1S/C16H27N3O2/c1-2-11-5-6-12(10-17)13(9-11)19-14(20)16(18-15(19)21)7-3-4-8-16/h11-13H,2-10,17H2,1H3,(H,18,21). The van der Waals surface area contributed by atoms with Crippen LogP contribution in [-0.2, 0) is 4.79 Å². The zero-order valence-corrected chi connectivity index (χ0v) is 12.9. The minimum absolute atomic E-state index is 0.00109. The summed E-state index contributed by atoms with van der Waals surface area (Å²) in [6.45, 7) is 2.75. The predicted molar refractivity (Wildman–Crippen MR) is 80.5 cm³/mol. The second-order valence-electron chi connectivity index (χ2n) is 7.04. The number of nitrogens with two attached hydrogens (primary N) is 1. The topological polar surface area (TPSA) is 75.4 Å². The van der Waals surface area contributed by atoms with Crippen molar-refractivity contribution in [1.29, 1.82) is 0 Å². The van der Waals surface area contributed by atoms with Crippen LogP contribution in [0.2, 0.25) is 0 Å².